The summed E-state index contributed by atoms with van der Waals surface area (Å²) in [5, 5.41) is 4.63. The Hall–Kier alpha value is -2.18. The minimum atomic E-state index is -0.186. The Morgan fingerprint density at radius 3 is 2.68 bits per heavy atom. The van der Waals surface area contributed by atoms with Crippen LogP contribution >= 0.6 is 23.4 Å². The Balaban J connectivity index is 1.85. The Bertz CT molecular complexity index is 736. The molecular formula is C18H19ClN2O3S. The van der Waals surface area contributed by atoms with E-state index in [-0.39, 0.29) is 11.7 Å². The third kappa shape index (κ3) is 6.32. The summed E-state index contributed by atoms with van der Waals surface area (Å²) >= 11 is 7.24. The van der Waals surface area contributed by atoms with Crippen molar-refractivity contribution in [2.24, 2.45) is 5.10 Å². The predicted molar refractivity (Wildman–Crippen MR) is 102 cm³/mol. The van der Waals surface area contributed by atoms with Crippen LogP contribution in [0.2, 0.25) is 5.02 Å². The van der Waals surface area contributed by atoms with Gasteiger partial charge in [-0.25, -0.2) is 5.43 Å². The molecule has 0 atom stereocenters. The second-order valence-corrected chi connectivity index (χ2v) is 6.36. The molecule has 25 heavy (non-hydrogen) atoms. The maximum atomic E-state index is 11.8. The predicted octanol–water partition coefficient (Wildman–Crippen LogP) is 3.99. The van der Waals surface area contributed by atoms with Crippen LogP contribution in [0.5, 0.6) is 11.5 Å². The quantitative estimate of drug-likeness (QED) is 0.428. The number of carbonyl (C=O) groups excluding carboxylic acids is 1. The van der Waals surface area contributed by atoms with Gasteiger partial charge in [-0.2, -0.15) is 5.10 Å². The highest BCUT2D eigenvalue weighted by Gasteiger charge is 2.05. The molecule has 0 saturated heterocycles. The summed E-state index contributed by atoms with van der Waals surface area (Å²) in [7, 11) is 1.58. The van der Waals surface area contributed by atoms with Crippen LogP contribution in [-0.2, 0) is 4.79 Å². The highest BCUT2D eigenvalue weighted by molar-refractivity contribution is 8.00. The highest BCUT2D eigenvalue weighted by Crippen LogP contribution is 2.27. The summed E-state index contributed by atoms with van der Waals surface area (Å²) in [5.74, 6) is 1.38. The van der Waals surface area contributed by atoms with E-state index in [9.17, 15) is 4.79 Å². The maximum Gasteiger partial charge on any atom is 0.250 e. The van der Waals surface area contributed by atoms with Crippen LogP contribution in [0.1, 0.15) is 12.5 Å². The lowest BCUT2D eigenvalue weighted by Crippen LogP contribution is -2.19. The van der Waals surface area contributed by atoms with Crippen LogP contribution in [0.4, 0.5) is 0 Å². The van der Waals surface area contributed by atoms with E-state index < -0.39 is 0 Å². The van der Waals surface area contributed by atoms with Crippen molar-refractivity contribution in [2.75, 3.05) is 19.5 Å². The fourth-order valence-electron chi connectivity index (χ4n) is 1.93. The topological polar surface area (TPSA) is 59.9 Å². The Labute approximate surface area is 156 Å². The van der Waals surface area contributed by atoms with E-state index in [1.807, 2.05) is 31.2 Å². The van der Waals surface area contributed by atoms with Gasteiger partial charge in [-0.3, -0.25) is 4.79 Å². The molecule has 7 heteroatoms. The number of hydrazone groups is 1. The lowest BCUT2D eigenvalue weighted by molar-refractivity contribution is -0.118. The van der Waals surface area contributed by atoms with Gasteiger partial charge in [0.1, 0.15) is 0 Å². The van der Waals surface area contributed by atoms with Gasteiger partial charge in [0.25, 0.3) is 0 Å². The molecule has 0 spiro atoms. The molecule has 0 aliphatic rings. The van der Waals surface area contributed by atoms with Gasteiger partial charge < -0.3 is 9.47 Å². The van der Waals surface area contributed by atoms with Crippen molar-refractivity contribution >= 4 is 35.5 Å². The average molecular weight is 379 g/mol. The number of halogens is 1. The van der Waals surface area contributed by atoms with Crippen LogP contribution < -0.4 is 14.9 Å². The van der Waals surface area contributed by atoms with E-state index in [2.05, 4.69) is 10.5 Å². The van der Waals surface area contributed by atoms with Gasteiger partial charge in [-0.1, -0.05) is 11.6 Å². The molecule has 0 aliphatic heterocycles. The molecule has 0 saturated carbocycles. The number of carbonyl (C=O) groups is 1. The van der Waals surface area contributed by atoms with Crippen molar-refractivity contribution in [3.8, 4) is 11.5 Å². The second kappa shape index (κ2) is 9.96. The number of rotatable bonds is 8. The first-order valence-electron chi connectivity index (χ1n) is 7.63. The molecule has 0 bridgehead atoms. The number of ether oxygens (including phenoxy) is 2. The molecule has 2 aromatic carbocycles. The summed E-state index contributed by atoms with van der Waals surface area (Å²) in [5.41, 5.74) is 3.30. The van der Waals surface area contributed by atoms with Crippen LogP contribution in [0, 0.1) is 0 Å². The average Bonchev–Trinajstić information content (AvgIpc) is 2.62. The summed E-state index contributed by atoms with van der Waals surface area (Å²) in [6.45, 7) is 2.47. The first-order chi connectivity index (χ1) is 12.1. The highest BCUT2D eigenvalue weighted by atomic mass is 35.5. The number of methoxy groups -OCH3 is 1. The molecular weight excluding hydrogens is 360 g/mol. The van der Waals surface area contributed by atoms with Gasteiger partial charge in [0.2, 0.25) is 5.91 Å². The van der Waals surface area contributed by atoms with E-state index in [0.717, 1.165) is 10.5 Å². The smallest absolute Gasteiger partial charge is 0.250 e. The van der Waals surface area contributed by atoms with Crippen molar-refractivity contribution in [2.45, 2.75) is 11.8 Å². The molecule has 0 radical (unpaired) electrons. The molecule has 5 nitrogen and oxygen atoms in total. The number of nitrogens with zero attached hydrogens (tertiary/aromatic N) is 1. The van der Waals surface area contributed by atoms with Crippen molar-refractivity contribution in [1.29, 1.82) is 0 Å². The minimum absolute atomic E-state index is 0.186. The molecule has 2 rings (SSSR count). The second-order valence-electron chi connectivity index (χ2n) is 4.88. The van der Waals surface area contributed by atoms with Crippen molar-refractivity contribution in [3.05, 3.63) is 53.1 Å². The molecule has 1 N–H and O–H groups in total. The van der Waals surface area contributed by atoms with Crippen LogP contribution in [-0.4, -0.2) is 31.6 Å². The van der Waals surface area contributed by atoms with Crippen LogP contribution in [0.3, 0.4) is 0 Å². The van der Waals surface area contributed by atoms with Gasteiger partial charge in [-0.05, 0) is 55.0 Å². The number of amides is 1. The summed E-state index contributed by atoms with van der Waals surface area (Å²) in [4.78, 5) is 12.8. The number of hydrogen-bond donors (Lipinski definition) is 1. The number of nitrogens with one attached hydrogen (secondary N) is 1. The van der Waals surface area contributed by atoms with Gasteiger partial charge >= 0.3 is 0 Å². The Morgan fingerprint density at radius 1 is 1.24 bits per heavy atom. The molecule has 0 aromatic heterocycles. The normalized spacial score (nSPS) is 10.7. The molecule has 0 heterocycles. The standard InChI is InChI=1S/C18H19ClN2O3S/c1-3-24-16-9-4-13(10-17(16)23-2)11-20-21-18(22)12-25-15-7-5-14(19)6-8-15/h4-11H,3,12H2,1-2H3,(H,21,22)/b20-11+. The van der Waals surface area contributed by atoms with E-state index in [1.165, 1.54) is 11.8 Å². The Morgan fingerprint density at radius 2 is 2.00 bits per heavy atom. The maximum absolute atomic E-state index is 11.8. The molecule has 2 aromatic rings. The van der Waals surface area contributed by atoms with Crippen molar-refractivity contribution in [3.63, 3.8) is 0 Å². The first-order valence-corrected chi connectivity index (χ1v) is 9.00. The van der Waals surface area contributed by atoms with E-state index >= 15 is 0 Å². The zero-order chi connectivity index (χ0) is 18.1. The zero-order valence-electron chi connectivity index (χ0n) is 14.0. The number of thioether (sulfide) groups is 1. The van der Waals surface area contributed by atoms with E-state index in [4.69, 9.17) is 21.1 Å². The summed E-state index contributed by atoms with van der Waals surface area (Å²) < 4.78 is 10.7. The SMILES string of the molecule is CCOc1ccc(/C=N/NC(=O)CSc2ccc(Cl)cc2)cc1OC. The summed E-state index contributed by atoms with van der Waals surface area (Å²) in [6.07, 6.45) is 1.56. The third-order valence-electron chi connectivity index (χ3n) is 3.07. The summed E-state index contributed by atoms with van der Waals surface area (Å²) in [6, 6.07) is 12.8. The third-order valence-corrected chi connectivity index (χ3v) is 4.34. The van der Waals surface area contributed by atoms with Crippen LogP contribution in [0.25, 0.3) is 0 Å². The van der Waals surface area contributed by atoms with Gasteiger partial charge in [0.15, 0.2) is 11.5 Å². The monoisotopic (exact) mass is 378 g/mol. The van der Waals surface area contributed by atoms with Gasteiger partial charge in [0, 0.05) is 9.92 Å². The lowest BCUT2D eigenvalue weighted by Gasteiger charge is -2.09. The molecule has 132 valence electrons. The van der Waals surface area contributed by atoms with Gasteiger partial charge in [0.05, 0.1) is 25.7 Å². The lowest BCUT2D eigenvalue weighted by atomic mass is 10.2. The molecule has 1 amide bonds. The molecule has 0 unspecified atom stereocenters. The van der Waals surface area contributed by atoms with E-state index in [0.29, 0.717) is 23.1 Å². The molecule has 0 aliphatic carbocycles. The first kappa shape index (κ1) is 19.1. The number of hydrogen-bond acceptors (Lipinski definition) is 5. The fourth-order valence-corrected chi connectivity index (χ4v) is 2.75. The van der Waals surface area contributed by atoms with E-state index in [1.54, 1.807) is 31.5 Å². The Kier molecular flexibility index (Phi) is 7.63. The molecule has 0 fully saturated rings. The largest absolute Gasteiger partial charge is 0.493 e. The minimum Gasteiger partial charge on any atom is -0.493 e. The number of benzene rings is 2. The fraction of sp³-hybridized carbons (Fsp3) is 0.222. The van der Waals surface area contributed by atoms with Crippen molar-refractivity contribution < 1.29 is 14.3 Å². The van der Waals surface area contributed by atoms with Crippen molar-refractivity contribution in [1.82, 2.24) is 5.43 Å². The zero-order valence-corrected chi connectivity index (χ0v) is 15.6. The van der Waals surface area contributed by atoms with Gasteiger partial charge in [-0.15, -0.1) is 11.8 Å². The van der Waals surface area contributed by atoms with Crippen LogP contribution in [0.15, 0.2) is 52.5 Å².